The van der Waals surface area contributed by atoms with Crippen LogP contribution in [0.4, 0.5) is 0 Å². The minimum Gasteiger partial charge on any atom is -0.462 e. The molecule has 0 spiro atoms. The van der Waals surface area contributed by atoms with E-state index in [9.17, 15) is 9.59 Å². The molecule has 2 rings (SSSR count). The minimum atomic E-state index is -1.14. The molecule has 2 saturated carbocycles. The van der Waals surface area contributed by atoms with Gasteiger partial charge < -0.3 is 9.47 Å². The molecule has 2 aliphatic rings. The Morgan fingerprint density at radius 2 is 1.03 bits per heavy atom. The number of esters is 2. The highest BCUT2D eigenvalue weighted by Crippen LogP contribution is 2.41. The van der Waals surface area contributed by atoms with Crippen molar-refractivity contribution in [1.29, 1.82) is 0 Å². The Morgan fingerprint density at radius 1 is 0.690 bits per heavy atom. The van der Waals surface area contributed by atoms with Crippen molar-refractivity contribution in [1.82, 2.24) is 0 Å². The molecule has 0 N–H and O–H groups in total. The Labute approximate surface area is 178 Å². The van der Waals surface area contributed by atoms with Gasteiger partial charge in [-0.25, -0.2) is 0 Å². The first-order chi connectivity index (χ1) is 13.8. The second-order valence-corrected chi connectivity index (χ2v) is 10.1. The topological polar surface area (TPSA) is 52.6 Å². The molecule has 0 aromatic rings. The van der Waals surface area contributed by atoms with Crippen LogP contribution in [0.2, 0.25) is 0 Å². The molecule has 0 heterocycles. The highest BCUT2D eigenvalue weighted by atomic mass is 16.6. The van der Waals surface area contributed by atoms with Gasteiger partial charge in [0, 0.05) is 0 Å². The van der Waals surface area contributed by atoms with Gasteiger partial charge in [0.05, 0.1) is 12.2 Å². The summed E-state index contributed by atoms with van der Waals surface area (Å²) < 4.78 is 11.3. The molecule has 4 nitrogen and oxygen atoms in total. The van der Waals surface area contributed by atoms with Gasteiger partial charge in [-0.15, -0.1) is 0 Å². The van der Waals surface area contributed by atoms with Crippen molar-refractivity contribution in [3.8, 4) is 0 Å². The Hall–Kier alpha value is -1.06. The Balaban J connectivity index is 2.19. The standard InChI is InChI=1S/C25H44O4/c1-19(2)28-23(26)25(24(27)29-20(3)4,17-15-21-11-7-5-8-12-21)18-16-22-13-9-6-10-14-22/h19-22H,5-18H2,1-4H3. The van der Waals surface area contributed by atoms with Crippen molar-refractivity contribution in [2.75, 3.05) is 0 Å². The zero-order valence-electron chi connectivity index (χ0n) is 19.3. The van der Waals surface area contributed by atoms with E-state index >= 15 is 0 Å². The summed E-state index contributed by atoms with van der Waals surface area (Å²) in [6.45, 7) is 7.44. The second-order valence-electron chi connectivity index (χ2n) is 10.1. The lowest BCUT2D eigenvalue weighted by atomic mass is 9.72. The van der Waals surface area contributed by atoms with Gasteiger partial charge in [-0.2, -0.15) is 0 Å². The minimum absolute atomic E-state index is 0.224. The maximum Gasteiger partial charge on any atom is 0.323 e. The zero-order valence-corrected chi connectivity index (χ0v) is 19.3. The van der Waals surface area contributed by atoms with E-state index in [1.165, 1.54) is 64.2 Å². The molecule has 0 aromatic carbocycles. The predicted molar refractivity (Wildman–Crippen MR) is 117 cm³/mol. The van der Waals surface area contributed by atoms with Crippen molar-refractivity contribution in [3.05, 3.63) is 0 Å². The molecule has 0 radical (unpaired) electrons. The van der Waals surface area contributed by atoms with Crippen LogP contribution >= 0.6 is 0 Å². The van der Waals surface area contributed by atoms with Crippen molar-refractivity contribution in [3.63, 3.8) is 0 Å². The highest BCUT2D eigenvalue weighted by molar-refractivity contribution is 6.00. The van der Waals surface area contributed by atoms with E-state index in [1.807, 2.05) is 27.7 Å². The van der Waals surface area contributed by atoms with Gasteiger partial charge in [-0.3, -0.25) is 9.59 Å². The van der Waals surface area contributed by atoms with Crippen LogP contribution in [0.25, 0.3) is 0 Å². The number of hydrogen-bond donors (Lipinski definition) is 0. The molecule has 168 valence electrons. The van der Waals surface area contributed by atoms with Crippen LogP contribution in [0.3, 0.4) is 0 Å². The number of carbonyl (C=O) groups is 2. The third-order valence-corrected chi connectivity index (χ3v) is 6.88. The summed E-state index contributed by atoms with van der Waals surface area (Å²) in [5.41, 5.74) is -1.14. The number of hydrogen-bond acceptors (Lipinski definition) is 4. The van der Waals surface area contributed by atoms with Gasteiger partial charge >= 0.3 is 11.9 Å². The average molecular weight is 409 g/mol. The quantitative estimate of drug-likeness (QED) is 0.302. The van der Waals surface area contributed by atoms with Crippen LogP contribution in [0.1, 0.15) is 118 Å². The Morgan fingerprint density at radius 3 is 1.34 bits per heavy atom. The van der Waals surface area contributed by atoms with Gasteiger partial charge in [0.2, 0.25) is 0 Å². The molecule has 0 amide bonds. The highest BCUT2D eigenvalue weighted by Gasteiger charge is 2.49. The summed E-state index contributed by atoms with van der Waals surface area (Å²) in [6.07, 6.45) is 15.1. The van der Waals surface area contributed by atoms with Crippen molar-refractivity contribution in [2.24, 2.45) is 17.3 Å². The van der Waals surface area contributed by atoms with Gasteiger partial charge in [0.25, 0.3) is 0 Å². The molecule has 0 aliphatic heterocycles. The molecule has 0 saturated heterocycles. The maximum absolute atomic E-state index is 13.3. The van der Waals surface area contributed by atoms with Crippen LogP contribution in [-0.2, 0) is 19.1 Å². The molecule has 0 bridgehead atoms. The lowest BCUT2D eigenvalue weighted by Crippen LogP contribution is -2.44. The number of ether oxygens (including phenoxy) is 2. The first-order valence-corrected chi connectivity index (χ1v) is 12.3. The van der Waals surface area contributed by atoms with E-state index in [1.54, 1.807) is 0 Å². The SMILES string of the molecule is CC(C)OC(=O)C(CCC1CCCCC1)(CCC1CCCCC1)C(=O)OC(C)C. The first kappa shape index (κ1) is 24.2. The smallest absolute Gasteiger partial charge is 0.323 e. The first-order valence-electron chi connectivity index (χ1n) is 12.3. The molecule has 2 fully saturated rings. The van der Waals surface area contributed by atoms with Crippen LogP contribution in [-0.4, -0.2) is 24.1 Å². The molecular weight excluding hydrogens is 364 g/mol. The molecule has 0 atom stereocenters. The van der Waals surface area contributed by atoms with Gasteiger partial charge in [-0.1, -0.05) is 64.2 Å². The fourth-order valence-electron chi connectivity index (χ4n) is 5.12. The Kier molecular flexibility index (Phi) is 9.98. The fourth-order valence-corrected chi connectivity index (χ4v) is 5.12. The summed E-state index contributed by atoms with van der Waals surface area (Å²) in [6, 6.07) is 0. The summed E-state index contributed by atoms with van der Waals surface area (Å²) >= 11 is 0. The van der Waals surface area contributed by atoms with Gasteiger partial charge in [-0.05, 0) is 65.2 Å². The molecule has 4 heteroatoms. The summed E-state index contributed by atoms with van der Waals surface area (Å²) in [7, 11) is 0. The average Bonchev–Trinajstić information content (AvgIpc) is 2.68. The lowest BCUT2D eigenvalue weighted by molar-refractivity contribution is -0.179. The van der Waals surface area contributed by atoms with Gasteiger partial charge in [0.15, 0.2) is 5.41 Å². The monoisotopic (exact) mass is 408 g/mol. The van der Waals surface area contributed by atoms with Gasteiger partial charge in [0.1, 0.15) is 0 Å². The second kappa shape index (κ2) is 12.0. The van der Waals surface area contributed by atoms with Crippen LogP contribution in [0, 0.1) is 17.3 Å². The molecule has 0 unspecified atom stereocenters. The third kappa shape index (κ3) is 7.61. The summed E-state index contributed by atoms with van der Waals surface area (Å²) in [5.74, 6) is 0.530. The van der Waals surface area contributed by atoms with Crippen LogP contribution in [0.15, 0.2) is 0 Å². The Bertz CT molecular complexity index is 453. The third-order valence-electron chi connectivity index (χ3n) is 6.88. The maximum atomic E-state index is 13.3. The van der Waals surface area contributed by atoms with Crippen molar-refractivity contribution in [2.45, 2.75) is 130 Å². The van der Waals surface area contributed by atoms with E-state index in [2.05, 4.69) is 0 Å². The number of rotatable bonds is 10. The van der Waals surface area contributed by atoms with E-state index < -0.39 is 5.41 Å². The number of carbonyl (C=O) groups excluding carboxylic acids is 2. The molecule has 2 aliphatic carbocycles. The zero-order chi connectivity index (χ0) is 21.3. The van der Waals surface area contributed by atoms with Crippen LogP contribution in [0.5, 0.6) is 0 Å². The van der Waals surface area contributed by atoms with E-state index in [0.29, 0.717) is 24.7 Å². The summed E-state index contributed by atoms with van der Waals surface area (Å²) in [5, 5.41) is 0. The van der Waals surface area contributed by atoms with Crippen LogP contribution < -0.4 is 0 Å². The fraction of sp³-hybridized carbons (Fsp3) is 0.920. The normalized spacial score (nSPS) is 19.5. The van der Waals surface area contributed by atoms with E-state index in [0.717, 1.165) is 12.8 Å². The predicted octanol–water partition coefficient (Wildman–Crippen LogP) is 6.60. The molecule has 29 heavy (non-hydrogen) atoms. The molecule has 0 aromatic heterocycles. The summed E-state index contributed by atoms with van der Waals surface area (Å²) in [4.78, 5) is 26.6. The van der Waals surface area contributed by atoms with E-state index in [-0.39, 0.29) is 24.1 Å². The van der Waals surface area contributed by atoms with Crippen molar-refractivity contribution >= 4 is 11.9 Å². The largest absolute Gasteiger partial charge is 0.462 e. The lowest BCUT2D eigenvalue weighted by Gasteiger charge is -2.34. The van der Waals surface area contributed by atoms with Crippen molar-refractivity contribution < 1.29 is 19.1 Å². The molecular formula is C25H44O4. The van der Waals surface area contributed by atoms with E-state index in [4.69, 9.17) is 9.47 Å².